The molecule has 0 radical (unpaired) electrons. The summed E-state index contributed by atoms with van der Waals surface area (Å²) in [6.45, 7) is 1.88. The minimum absolute atomic E-state index is 0.308. The van der Waals surface area contributed by atoms with Crippen molar-refractivity contribution < 1.29 is 4.79 Å². The third kappa shape index (κ3) is 3.14. The number of aromatic amines is 1. The van der Waals surface area contributed by atoms with E-state index in [-0.39, 0.29) is 5.91 Å². The second kappa shape index (κ2) is 6.93. The predicted octanol–water partition coefficient (Wildman–Crippen LogP) is 4.45. The third-order valence-electron chi connectivity index (χ3n) is 4.10. The topological polar surface area (TPSA) is 70.1 Å². The van der Waals surface area contributed by atoms with Gasteiger partial charge in [-0.2, -0.15) is 10.2 Å². The molecule has 128 valence electrons. The summed E-state index contributed by atoms with van der Waals surface area (Å²) < 4.78 is 0. The number of fused-ring (bicyclic) bond motifs is 1. The Morgan fingerprint density at radius 3 is 2.81 bits per heavy atom. The molecule has 0 spiro atoms. The number of carbonyl (C=O) groups is 1. The van der Waals surface area contributed by atoms with Crippen molar-refractivity contribution >= 4 is 33.7 Å². The Hall–Kier alpha value is -3.25. The predicted molar refractivity (Wildman–Crippen MR) is 106 cm³/mol. The zero-order valence-electron chi connectivity index (χ0n) is 14.1. The number of rotatable bonds is 4. The van der Waals surface area contributed by atoms with Gasteiger partial charge in [-0.15, -0.1) is 11.3 Å². The minimum Gasteiger partial charge on any atom is -0.276 e. The van der Waals surface area contributed by atoms with Crippen molar-refractivity contribution in [1.29, 1.82) is 0 Å². The van der Waals surface area contributed by atoms with Crippen molar-refractivity contribution in [3.8, 4) is 10.6 Å². The second-order valence-electron chi connectivity index (χ2n) is 5.81. The highest BCUT2D eigenvalue weighted by atomic mass is 32.1. The lowest BCUT2D eigenvalue weighted by atomic mass is 10.0. The van der Waals surface area contributed by atoms with Crippen LogP contribution >= 0.6 is 11.3 Å². The number of nitrogens with one attached hydrogen (secondary N) is 2. The quantitative estimate of drug-likeness (QED) is 0.417. The van der Waals surface area contributed by atoms with Gasteiger partial charge in [-0.25, -0.2) is 5.43 Å². The highest BCUT2D eigenvalue weighted by Crippen LogP contribution is 2.23. The zero-order chi connectivity index (χ0) is 17.9. The third-order valence-corrected chi connectivity index (χ3v) is 5.00. The van der Waals surface area contributed by atoms with Crippen LogP contribution in [0.3, 0.4) is 0 Å². The van der Waals surface area contributed by atoms with Crippen molar-refractivity contribution in [1.82, 2.24) is 15.6 Å². The maximum absolute atomic E-state index is 12.3. The molecule has 4 aromatic rings. The van der Waals surface area contributed by atoms with E-state index in [1.807, 2.05) is 54.8 Å². The van der Waals surface area contributed by atoms with Gasteiger partial charge in [-0.05, 0) is 35.2 Å². The highest BCUT2D eigenvalue weighted by Gasteiger charge is 2.12. The van der Waals surface area contributed by atoms with Gasteiger partial charge in [0.25, 0.3) is 5.91 Å². The number of hydrazone groups is 1. The number of thiophene rings is 1. The molecule has 2 heterocycles. The summed E-state index contributed by atoms with van der Waals surface area (Å²) in [5.74, 6) is -0.344. The number of carbonyl (C=O) groups excluding carboxylic acids is 1. The fourth-order valence-corrected chi connectivity index (χ4v) is 3.48. The molecule has 1 amide bonds. The maximum Gasteiger partial charge on any atom is 0.291 e. The summed E-state index contributed by atoms with van der Waals surface area (Å²) in [6.07, 6.45) is 0. The SMILES string of the molecule is C/C(=N\NC(=O)c1cc(-c2cccs2)[nH]n1)c1cccc2ccccc12. The Morgan fingerprint density at radius 1 is 1.12 bits per heavy atom. The molecule has 0 saturated carbocycles. The van der Waals surface area contributed by atoms with Crippen LogP contribution in [0, 0.1) is 0 Å². The van der Waals surface area contributed by atoms with Crippen molar-refractivity contribution in [2.75, 3.05) is 0 Å². The van der Waals surface area contributed by atoms with Crippen LogP contribution in [-0.2, 0) is 0 Å². The summed E-state index contributed by atoms with van der Waals surface area (Å²) in [5.41, 5.74) is 5.45. The van der Waals surface area contributed by atoms with E-state index >= 15 is 0 Å². The molecule has 5 nitrogen and oxygen atoms in total. The van der Waals surface area contributed by atoms with Gasteiger partial charge >= 0.3 is 0 Å². The standard InChI is InChI=1S/C20H16N4OS/c1-13(15-9-4-7-14-6-2-3-8-16(14)15)21-24-20(25)18-12-17(22-23-18)19-10-5-11-26-19/h2-12H,1H3,(H,22,23)(H,24,25)/b21-13+. The van der Waals surface area contributed by atoms with Crippen molar-refractivity contribution in [3.63, 3.8) is 0 Å². The monoisotopic (exact) mass is 360 g/mol. The first kappa shape index (κ1) is 16.2. The minimum atomic E-state index is -0.344. The number of aromatic nitrogens is 2. The molecule has 2 aromatic heterocycles. The molecule has 0 saturated heterocycles. The molecule has 0 aliphatic carbocycles. The van der Waals surface area contributed by atoms with E-state index in [1.165, 1.54) is 0 Å². The van der Waals surface area contributed by atoms with Crippen LogP contribution in [0.25, 0.3) is 21.3 Å². The van der Waals surface area contributed by atoms with E-state index in [4.69, 9.17) is 0 Å². The molecule has 0 aliphatic rings. The molecule has 26 heavy (non-hydrogen) atoms. The number of nitrogens with zero attached hydrogens (tertiary/aromatic N) is 2. The van der Waals surface area contributed by atoms with Crippen molar-refractivity contribution in [2.45, 2.75) is 6.92 Å². The van der Waals surface area contributed by atoms with Gasteiger partial charge in [0.05, 0.1) is 16.3 Å². The van der Waals surface area contributed by atoms with Crippen LogP contribution in [0.2, 0.25) is 0 Å². The lowest BCUT2D eigenvalue weighted by molar-refractivity contribution is 0.0950. The molecule has 0 bridgehead atoms. The molecule has 0 unspecified atom stereocenters. The zero-order valence-corrected chi connectivity index (χ0v) is 14.9. The number of amides is 1. The van der Waals surface area contributed by atoms with Crippen LogP contribution < -0.4 is 5.43 Å². The van der Waals surface area contributed by atoms with Crippen molar-refractivity contribution in [3.05, 3.63) is 77.3 Å². The van der Waals surface area contributed by atoms with Gasteiger partial charge in [0.1, 0.15) is 0 Å². The van der Waals surface area contributed by atoms with Crippen LogP contribution in [-0.4, -0.2) is 21.8 Å². The van der Waals surface area contributed by atoms with E-state index in [0.717, 1.165) is 32.6 Å². The van der Waals surface area contributed by atoms with E-state index in [0.29, 0.717) is 5.69 Å². The summed E-state index contributed by atoms with van der Waals surface area (Å²) in [6, 6.07) is 19.8. The maximum atomic E-state index is 12.3. The molecule has 2 aromatic carbocycles. The van der Waals surface area contributed by atoms with E-state index in [1.54, 1.807) is 17.4 Å². The summed E-state index contributed by atoms with van der Waals surface area (Å²) in [5, 5.41) is 15.4. The Balaban J connectivity index is 1.54. The van der Waals surface area contributed by atoms with Gasteiger partial charge in [-0.1, -0.05) is 48.5 Å². The van der Waals surface area contributed by atoms with Gasteiger partial charge in [0.15, 0.2) is 5.69 Å². The highest BCUT2D eigenvalue weighted by molar-refractivity contribution is 7.13. The number of H-pyrrole nitrogens is 1. The fourth-order valence-electron chi connectivity index (χ4n) is 2.79. The molecular weight excluding hydrogens is 344 g/mol. The van der Waals surface area contributed by atoms with Gasteiger partial charge in [-0.3, -0.25) is 9.89 Å². The first-order valence-electron chi connectivity index (χ1n) is 8.14. The molecular formula is C20H16N4OS. The molecule has 2 N–H and O–H groups in total. The van der Waals surface area contributed by atoms with E-state index in [9.17, 15) is 4.79 Å². The molecule has 0 aliphatic heterocycles. The number of hydrogen-bond donors (Lipinski definition) is 2. The first-order valence-corrected chi connectivity index (χ1v) is 9.02. The first-order chi connectivity index (χ1) is 12.7. The normalized spacial score (nSPS) is 11.7. The Bertz CT molecular complexity index is 1090. The number of hydrogen-bond acceptors (Lipinski definition) is 4. The smallest absolute Gasteiger partial charge is 0.276 e. The Labute approximate surface area is 154 Å². The van der Waals surface area contributed by atoms with Crippen LogP contribution in [0.5, 0.6) is 0 Å². The van der Waals surface area contributed by atoms with Gasteiger partial charge in [0.2, 0.25) is 0 Å². The Morgan fingerprint density at radius 2 is 1.96 bits per heavy atom. The average molecular weight is 360 g/mol. The summed E-state index contributed by atoms with van der Waals surface area (Å²) in [4.78, 5) is 13.4. The Kier molecular flexibility index (Phi) is 4.33. The summed E-state index contributed by atoms with van der Waals surface area (Å²) >= 11 is 1.59. The van der Waals surface area contributed by atoms with E-state index in [2.05, 4.69) is 32.9 Å². The largest absolute Gasteiger partial charge is 0.291 e. The molecule has 6 heteroatoms. The van der Waals surface area contributed by atoms with Crippen molar-refractivity contribution in [2.24, 2.45) is 5.10 Å². The van der Waals surface area contributed by atoms with Crippen LogP contribution in [0.15, 0.2) is 71.1 Å². The second-order valence-corrected chi connectivity index (χ2v) is 6.76. The lowest BCUT2D eigenvalue weighted by Gasteiger charge is -2.06. The van der Waals surface area contributed by atoms with Crippen LogP contribution in [0.4, 0.5) is 0 Å². The molecule has 0 atom stereocenters. The molecule has 4 rings (SSSR count). The fraction of sp³-hybridized carbons (Fsp3) is 0.0500. The molecule has 0 fully saturated rings. The van der Waals surface area contributed by atoms with Gasteiger partial charge < -0.3 is 0 Å². The van der Waals surface area contributed by atoms with E-state index < -0.39 is 0 Å². The van der Waals surface area contributed by atoms with Crippen LogP contribution in [0.1, 0.15) is 23.0 Å². The average Bonchev–Trinajstić information content (AvgIpc) is 3.36. The lowest BCUT2D eigenvalue weighted by Crippen LogP contribution is -2.19. The van der Waals surface area contributed by atoms with Gasteiger partial charge in [0, 0.05) is 5.56 Å². The number of benzene rings is 2. The summed E-state index contributed by atoms with van der Waals surface area (Å²) in [7, 11) is 0.